The third-order valence-electron chi connectivity index (χ3n) is 4.71. The molecule has 1 aliphatic heterocycles. The molecule has 1 saturated carbocycles. The van der Waals surface area contributed by atoms with Crippen LogP contribution in [0.4, 0.5) is 0 Å². The smallest absolute Gasteiger partial charge is 0.230 e. The zero-order valence-electron chi connectivity index (χ0n) is 11.3. The summed E-state index contributed by atoms with van der Waals surface area (Å²) in [6.07, 6.45) is 2.61. The van der Waals surface area contributed by atoms with Gasteiger partial charge in [-0.3, -0.25) is 4.79 Å². The van der Waals surface area contributed by atoms with Gasteiger partial charge in [0.25, 0.3) is 0 Å². The quantitative estimate of drug-likeness (QED) is 0.811. The molecule has 1 amide bonds. The van der Waals surface area contributed by atoms with Crippen LogP contribution in [-0.2, 0) is 4.79 Å². The van der Waals surface area contributed by atoms with E-state index in [9.17, 15) is 9.90 Å². The summed E-state index contributed by atoms with van der Waals surface area (Å²) < 4.78 is 0. The van der Waals surface area contributed by atoms with Crippen molar-refractivity contribution >= 4 is 5.91 Å². The zero-order chi connectivity index (χ0) is 13.4. The van der Waals surface area contributed by atoms with E-state index in [1.165, 1.54) is 0 Å². The lowest BCUT2D eigenvalue weighted by molar-refractivity contribution is -0.133. The average molecular weight is 259 g/mol. The summed E-state index contributed by atoms with van der Waals surface area (Å²) >= 11 is 0. The Morgan fingerprint density at radius 1 is 1.21 bits per heavy atom. The van der Waals surface area contributed by atoms with Gasteiger partial charge in [-0.05, 0) is 24.3 Å². The lowest BCUT2D eigenvalue weighted by Crippen LogP contribution is -2.57. The first-order valence-corrected chi connectivity index (χ1v) is 7.20. The molecule has 2 N–H and O–H groups in total. The Labute approximate surface area is 114 Å². The number of nitrogens with one attached hydrogen (secondary N) is 1. The fourth-order valence-corrected chi connectivity index (χ4v) is 3.66. The number of hydrogen-bond donors (Lipinski definition) is 2. The molecule has 2 aliphatic rings. The Balaban J connectivity index is 1.86. The number of benzene rings is 1. The number of amides is 1. The van der Waals surface area contributed by atoms with Gasteiger partial charge in [0, 0.05) is 12.0 Å². The number of aliphatic hydroxyl groups excluding tert-OH is 1. The first-order valence-electron chi connectivity index (χ1n) is 7.20. The van der Waals surface area contributed by atoms with Crippen LogP contribution in [0.1, 0.15) is 37.7 Å². The number of carbonyl (C=O) groups is 1. The summed E-state index contributed by atoms with van der Waals surface area (Å²) in [5.74, 6) is 0.422. The Bertz CT molecular complexity index is 459. The summed E-state index contributed by atoms with van der Waals surface area (Å²) in [5.41, 5.74) is 0.921. The molecule has 5 atom stereocenters. The average Bonchev–Trinajstić information content (AvgIpc) is 2.39. The van der Waals surface area contributed by atoms with Gasteiger partial charge in [-0.15, -0.1) is 0 Å². The first kappa shape index (κ1) is 12.7. The van der Waals surface area contributed by atoms with E-state index in [0.29, 0.717) is 5.92 Å². The van der Waals surface area contributed by atoms with E-state index in [-0.39, 0.29) is 17.9 Å². The first-order chi connectivity index (χ1) is 9.16. The molecule has 3 heteroatoms. The van der Waals surface area contributed by atoms with Crippen LogP contribution in [-0.4, -0.2) is 23.2 Å². The number of aliphatic hydroxyl groups is 1. The number of fused-ring (bicyclic) bond motifs is 1. The molecule has 102 valence electrons. The van der Waals surface area contributed by atoms with Crippen LogP contribution in [0, 0.1) is 11.8 Å². The van der Waals surface area contributed by atoms with Crippen LogP contribution in [0.15, 0.2) is 30.3 Å². The van der Waals surface area contributed by atoms with Crippen molar-refractivity contribution in [2.75, 3.05) is 0 Å². The van der Waals surface area contributed by atoms with Crippen LogP contribution in [0.5, 0.6) is 0 Å². The Hall–Kier alpha value is -1.35. The summed E-state index contributed by atoms with van der Waals surface area (Å²) in [6.45, 7) is 2.22. The maximum absolute atomic E-state index is 12.3. The highest BCUT2D eigenvalue weighted by atomic mass is 16.3. The molecular weight excluding hydrogens is 238 g/mol. The minimum Gasteiger partial charge on any atom is -0.392 e. The number of hydrogen-bond acceptors (Lipinski definition) is 2. The van der Waals surface area contributed by atoms with E-state index in [1.54, 1.807) is 0 Å². The normalized spacial score (nSPS) is 38.4. The van der Waals surface area contributed by atoms with Gasteiger partial charge in [0.2, 0.25) is 5.91 Å². The van der Waals surface area contributed by atoms with Gasteiger partial charge in [0.1, 0.15) is 0 Å². The van der Waals surface area contributed by atoms with Crippen LogP contribution in [0.25, 0.3) is 0 Å². The van der Waals surface area contributed by atoms with E-state index in [2.05, 4.69) is 12.2 Å². The maximum atomic E-state index is 12.3. The van der Waals surface area contributed by atoms with Gasteiger partial charge in [-0.2, -0.15) is 0 Å². The van der Waals surface area contributed by atoms with Crippen molar-refractivity contribution in [1.29, 1.82) is 0 Å². The highest BCUT2D eigenvalue weighted by Crippen LogP contribution is 2.39. The fourth-order valence-electron chi connectivity index (χ4n) is 3.66. The molecule has 1 aromatic rings. The molecule has 5 unspecified atom stereocenters. The molecule has 1 saturated heterocycles. The maximum Gasteiger partial charge on any atom is 0.230 e. The molecule has 1 heterocycles. The molecule has 0 aromatic heterocycles. The van der Waals surface area contributed by atoms with E-state index in [4.69, 9.17) is 0 Å². The molecule has 3 rings (SSSR count). The minimum atomic E-state index is -0.548. The lowest BCUT2D eigenvalue weighted by atomic mass is 9.69. The number of piperidine rings is 1. The van der Waals surface area contributed by atoms with Gasteiger partial charge >= 0.3 is 0 Å². The molecule has 2 fully saturated rings. The summed E-state index contributed by atoms with van der Waals surface area (Å²) in [4.78, 5) is 12.3. The number of rotatable bonds is 1. The third-order valence-corrected chi connectivity index (χ3v) is 4.71. The molecule has 1 aliphatic carbocycles. The second-order valence-electron chi connectivity index (χ2n) is 6.08. The van der Waals surface area contributed by atoms with Gasteiger partial charge in [0.15, 0.2) is 0 Å². The van der Waals surface area contributed by atoms with Crippen LogP contribution < -0.4 is 5.32 Å². The molecule has 0 bridgehead atoms. The molecule has 0 spiro atoms. The van der Waals surface area contributed by atoms with Crippen molar-refractivity contribution in [3.8, 4) is 0 Å². The molecule has 19 heavy (non-hydrogen) atoms. The van der Waals surface area contributed by atoms with Crippen molar-refractivity contribution in [1.82, 2.24) is 5.32 Å². The van der Waals surface area contributed by atoms with Crippen molar-refractivity contribution in [3.05, 3.63) is 35.9 Å². The van der Waals surface area contributed by atoms with Gasteiger partial charge in [-0.1, -0.05) is 43.7 Å². The molecule has 3 nitrogen and oxygen atoms in total. The minimum absolute atomic E-state index is 0.0194. The Morgan fingerprint density at radius 2 is 1.95 bits per heavy atom. The highest BCUT2D eigenvalue weighted by molar-refractivity contribution is 5.85. The van der Waals surface area contributed by atoms with Crippen molar-refractivity contribution in [3.63, 3.8) is 0 Å². The van der Waals surface area contributed by atoms with E-state index in [1.807, 2.05) is 30.3 Å². The SMILES string of the molecule is CC1CCC2C(C1)NC(=O)C(c1ccccc1)C2O. The van der Waals surface area contributed by atoms with Crippen molar-refractivity contribution in [2.24, 2.45) is 11.8 Å². The third kappa shape index (κ3) is 2.27. The largest absolute Gasteiger partial charge is 0.392 e. The van der Waals surface area contributed by atoms with E-state index >= 15 is 0 Å². The highest BCUT2D eigenvalue weighted by Gasteiger charge is 2.45. The summed E-state index contributed by atoms with van der Waals surface area (Å²) in [6, 6.07) is 9.79. The predicted octanol–water partition coefficient (Wildman–Crippen LogP) is 2.07. The second-order valence-corrected chi connectivity index (χ2v) is 6.08. The summed E-state index contributed by atoms with van der Waals surface area (Å²) in [5, 5.41) is 13.7. The van der Waals surface area contributed by atoms with Gasteiger partial charge in [0.05, 0.1) is 12.0 Å². The van der Waals surface area contributed by atoms with Crippen LogP contribution >= 0.6 is 0 Å². The lowest BCUT2D eigenvalue weighted by Gasteiger charge is -2.44. The second kappa shape index (κ2) is 4.97. The Morgan fingerprint density at radius 3 is 2.68 bits per heavy atom. The number of carbonyl (C=O) groups excluding carboxylic acids is 1. The van der Waals surface area contributed by atoms with Crippen LogP contribution in [0.2, 0.25) is 0 Å². The standard InChI is InChI=1S/C16H21NO2/c1-10-7-8-12-13(9-10)17-16(19)14(15(12)18)11-5-3-2-4-6-11/h2-6,10,12-15,18H,7-9H2,1H3,(H,17,19). The predicted molar refractivity (Wildman–Crippen MR) is 73.6 cm³/mol. The Kier molecular flexibility index (Phi) is 3.31. The van der Waals surface area contributed by atoms with Crippen molar-refractivity contribution in [2.45, 2.75) is 44.2 Å². The fraction of sp³-hybridized carbons (Fsp3) is 0.562. The van der Waals surface area contributed by atoms with Crippen molar-refractivity contribution < 1.29 is 9.90 Å². The molecule has 1 aromatic carbocycles. The van der Waals surface area contributed by atoms with E-state index < -0.39 is 12.0 Å². The topological polar surface area (TPSA) is 49.3 Å². The van der Waals surface area contributed by atoms with Gasteiger partial charge < -0.3 is 10.4 Å². The molecule has 0 radical (unpaired) electrons. The van der Waals surface area contributed by atoms with Crippen LogP contribution in [0.3, 0.4) is 0 Å². The van der Waals surface area contributed by atoms with Gasteiger partial charge in [-0.25, -0.2) is 0 Å². The monoisotopic (exact) mass is 259 g/mol. The summed E-state index contributed by atoms with van der Waals surface area (Å²) in [7, 11) is 0. The molecular formula is C16H21NO2. The zero-order valence-corrected chi connectivity index (χ0v) is 11.3. The van der Waals surface area contributed by atoms with E-state index in [0.717, 1.165) is 24.8 Å².